The summed E-state index contributed by atoms with van der Waals surface area (Å²) in [5.74, 6) is 0. The fourth-order valence-electron chi connectivity index (χ4n) is 3.80. The van der Waals surface area contributed by atoms with Crippen molar-refractivity contribution >= 4 is 0 Å². The SMILES string of the molecule is Cc1cc(C)c(C(O)CN2CCN(C3CC3)CC2)c(C)c1. The highest BCUT2D eigenvalue weighted by Gasteiger charge is 2.31. The van der Waals surface area contributed by atoms with Crippen LogP contribution in [-0.4, -0.2) is 53.7 Å². The lowest BCUT2D eigenvalue weighted by Crippen LogP contribution is -2.48. The number of aliphatic hydroxyl groups is 1. The zero-order valence-electron chi connectivity index (χ0n) is 13.6. The third kappa shape index (κ3) is 3.47. The number of nitrogens with zero attached hydrogens (tertiary/aromatic N) is 2. The Balaban J connectivity index is 1.60. The summed E-state index contributed by atoms with van der Waals surface area (Å²) in [7, 11) is 0. The molecule has 2 aliphatic rings. The molecule has 0 amide bonds. The van der Waals surface area contributed by atoms with Gasteiger partial charge in [-0.15, -0.1) is 0 Å². The van der Waals surface area contributed by atoms with Gasteiger partial charge in [0.15, 0.2) is 0 Å². The van der Waals surface area contributed by atoms with Crippen LogP contribution >= 0.6 is 0 Å². The Hall–Kier alpha value is -0.900. The minimum atomic E-state index is -0.363. The number of hydrogen-bond acceptors (Lipinski definition) is 3. The monoisotopic (exact) mass is 288 g/mol. The van der Waals surface area contributed by atoms with Gasteiger partial charge in [0.05, 0.1) is 6.10 Å². The predicted molar refractivity (Wildman–Crippen MR) is 86.6 cm³/mol. The molecular weight excluding hydrogens is 260 g/mol. The summed E-state index contributed by atoms with van der Waals surface area (Å²) in [5, 5.41) is 10.7. The van der Waals surface area contributed by atoms with Crippen LogP contribution in [0.1, 0.15) is 41.2 Å². The van der Waals surface area contributed by atoms with E-state index in [0.29, 0.717) is 0 Å². The number of aryl methyl sites for hydroxylation is 3. The molecule has 0 aromatic heterocycles. The molecule has 1 aliphatic carbocycles. The molecule has 1 unspecified atom stereocenters. The van der Waals surface area contributed by atoms with E-state index in [1.807, 2.05) is 0 Å². The fraction of sp³-hybridized carbons (Fsp3) is 0.667. The normalized spacial score (nSPS) is 22.5. The number of hydrogen-bond donors (Lipinski definition) is 1. The maximum atomic E-state index is 10.7. The fourth-order valence-corrected chi connectivity index (χ4v) is 3.80. The van der Waals surface area contributed by atoms with Crippen LogP contribution in [0.3, 0.4) is 0 Å². The van der Waals surface area contributed by atoms with Gasteiger partial charge < -0.3 is 5.11 Å². The molecule has 1 N–H and O–H groups in total. The third-order valence-electron chi connectivity index (χ3n) is 4.97. The molecule has 1 aromatic rings. The van der Waals surface area contributed by atoms with Crippen LogP contribution in [0.2, 0.25) is 0 Å². The summed E-state index contributed by atoms with van der Waals surface area (Å²) in [6, 6.07) is 5.23. The van der Waals surface area contributed by atoms with Crippen LogP contribution < -0.4 is 0 Å². The first-order valence-corrected chi connectivity index (χ1v) is 8.27. The van der Waals surface area contributed by atoms with Crippen molar-refractivity contribution in [2.45, 2.75) is 45.8 Å². The molecule has 3 nitrogen and oxygen atoms in total. The average molecular weight is 288 g/mol. The summed E-state index contributed by atoms with van der Waals surface area (Å²) in [4.78, 5) is 5.04. The summed E-state index contributed by atoms with van der Waals surface area (Å²) in [5.41, 5.74) is 4.84. The largest absolute Gasteiger partial charge is 0.387 e. The first-order chi connectivity index (χ1) is 10.0. The Labute approximate surface area is 128 Å². The molecule has 1 atom stereocenters. The lowest BCUT2D eigenvalue weighted by atomic mass is 9.95. The third-order valence-corrected chi connectivity index (χ3v) is 4.97. The number of rotatable bonds is 4. The van der Waals surface area contributed by atoms with Gasteiger partial charge in [-0.05, 0) is 50.3 Å². The Morgan fingerprint density at radius 2 is 1.62 bits per heavy atom. The van der Waals surface area contributed by atoms with Crippen molar-refractivity contribution in [3.8, 4) is 0 Å². The molecule has 1 heterocycles. The van der Waals surface area contributed by atoms with Crippen LogP contribution in [0.15, 0.2) is 12.1 Å². The molecule has 0 radical (unpaired) electrons. The van der Waals surface area contributed by atoms with Crippen molar-refractivity contribution in [3.05, 3.63) is 34.4 Å². The number of β-amino-alcohol motifs (C(OH)–C–C–N with tert-alkyl or cyclic N) is 1. The number of benzene rings is 1. The average Bonchev–Trinajstić information content (AvgIpc) is 3.22. The second-order valence-corrected chi connectivity index (χ2v) is 6.90. The van der Waals surface area contributed by atoms with Crippen molar-refractivity contribution < 1.29 is 5.11 Å². The smallest absolute Gasteiger partial charge is 0.0922 e. The Morgan fingerprint density at radius 3 is 2.14 bits per heavy atom. The lowest BCUT2D eigenvalue weighted by Gasteiger charge is -2.36. The number of aliphatic hydroxyl groups excluding tert-OH is 1. The van der Waals surface area contributed by atoms with Gasteiger partial charge in [-0.3, -0.25) is 9.80 Å². The molecular formula is C18H28N2O. The van der Waals surface area contributed by atoms with E-state index < -0.39 is 0 Å². The van der Waals surface area contributed by atoms with Crippen LogP contribution in [-0.2, 0) is 0 Å². The highest BCUT2D eigenvalue weighted by atomic mass is 16.3. The van der Waals surface area contributed by atoms with Gasteiger partial charge in [0.1, 0.15) is 0 Å². The standard InChI is InChI=1S/C18H28N2O/c1-13-10-14(2)18(15(3)11-13)17(21)12-19-6-8-20(9-7-19)16-4-5-16/h10-11,16-17,21H,4-9,12H2,1-3H3. The molecule has 116 valence electrons. The molecule has 3 rings (SSSR count). The van der Waals surface area contributed by atoms with Gasteiger partial charge in [0.2, 0.25) is 0 Å². The molecule has 2 fully saturated rings. The van der Waals surface area contributed by atoms with E-state index in [1.165, 1.54) is 42.6 Å². The minimum absolute atomic E-state index is 0.363. The van der Waals surface area contributed by atoms with Gasteiger partial charge in [0.25, 0.3) is 0 Å². The zero-order valence-corrected chi connectivity index (χ0v) is 13.6. The van der Waals surface area contributed by atoms with Crippen LogP contribution in [0.25, 0.3) is 0 Å². The van der Waals surface area contributed by atoms with Crippen molar-refractivity contribution in [3.63, 3.8) is 0 Å². The van der Waals surface area contributed by atoms with Crippen molar-refractivity contribution in [2.75, 3.05) is 32.7 Å². The minimum Gasteiger partial charge on any atom is -0.387 e. The molecule has 21 heavy (non-hydrogen) atoms. The lowest BCUT2D eigenvalue weighted by molar-refractivity contribution is 0.0694. The summed E-state index contributed by atoms with van der Waals surface area (Å²) < 4.78 is 0. The van der Waals surface area contributed by atoms with Gasteiger partial charge >= 0.3 is 0 Å². The highest BCUT2D eigenvalue weighted by molar-refractivity contribution is 5.39. The van der Waals surface area contributed by atoms with Crippen molar-refractivity contribution in [2.24, 2.45) is 0 Å². The molecule has 3 heteroatoms. The molecule has 0 spiro atoms. The summed E-state index contributed by atoms with van der Waals surface area (Å²) in [6.45, 7) is 11.6. The van der Waals surface area contributed by atoms with E-state index in [-0.39, 0.29) is 6.10 Å². The van der Waals surface area contributed by atoms with Crippen LogP contribution in [0.5, 0.6) is 0 Å². The molecule has 1 saturated carbocycles. The van der Waals surface area contributed by atoms with Crippen LogP contribution in [0, 0.1) is 20.8 Å². The van der Waals surface area contributed by atoms with E-state index in [0.717, 1.165) is 31.2 Å². The maximum Gasteiger partial charge on any atom is 0.0922 e. The van der Waals surface area contributed by atoms with E-state index in [1.54, 1.807) is 0 Å². The Kier molecular flexibility index (Phi) is 4.34. The van der Waals surface area contributed by atoms with E-state index >= 15 is 0 Å². The van der Waals surface area contributed by atoms with Crippen molar-refractivity contribution in [1.82, 2.24) is 9.80 Å². The van der Waals surface area contributed by atoms with Crippen molar-refractivity contribution in [1.29, 1.82) is 0 Å². The Bertz CT molecular complexity index is 479. The second kappa shape index (κ2) is 6.07. The number of piperazine rings is 1. The van der Waals surface area contributed by atoms with Gasteiger partial charge in [-0.1, -0.05) is 17.7 Å². The van der Waals surface area contributed by atoms with E-state index in [4.69, 9.17) is 0 Å². The maximum absolute atomic E-state index is 10.7. The zero-order chi connectivity index (χ0) is 15.0. The predicted octanol–water partition coefficient (Wildman–Crippen LogP) is 2.43. The van der Waals surface area contributed by atoms with Crippen LogP contribution in [0.4, 0.5) is 0 Å². The molecule has 0 bridgehead atoms. The quantitative estimate of drug-likeness (QED) is 0.922. The summed E-state index contributed by atoms with van der Waals surface area (Å²) >= 11 is 0. The van der Waals surface area contributed by atoms with Gasteiger partial charge in [-0.2, -0.15) is 0 Å². The topological polar surface area (TPSA) is 26.7 Å². The van der Waals surface area contributed by atoms with Gasteiger partial charge in [-0.25, -0.2) is 0 Å². The van der Waals surface area contributed by atoms with E-state index in [2.05, 4.69) is 42.7 Å². The molecule has 1 aromatic carbocycles. The van der Waals surface area contributed by atoms with E-state index in [9.17, 15) is 5.11 Å². The first kappa shape index (κ1) is 15.0. The Morgan fingerprint density at radius 1 is 1.05 bits per heavy atom. The van der Waals surface area contributed by atoms with Gasteiger partial charge in [0, 0.05) is 38.8 Å². The summed E-state index contributed by atoms with van der Waals surface area (Å²) in [6.07, 6.45) is 2.42. The molecule has 1 saturated heterocycles. The second-order valence-electron chi connectivity index (χ2n) is 6.90. The first-order valence-electron chi connectivity index (χ1n) is 8.27. The highest BCUT2D eigenvalue weighted by Crippen LogP contribution is 2.28. The molecule has 1 aliphatic heterocycles.